The number of fused-ring (bicyclic) bond motifs is 1. The third kappa shape index (κ3) is 3.31. The van der Waals surface area contributed by atoms with Crippen LogP contribution >= 0.6 is 0 Å². The third-order valence-corrected chi connectivity index (χ3v) is 3.92. The second-order valence-electron chi connectivity index (χ2n) is 6.10. The van der Waals surface area contributed by atoms with E-state index in [2.05, 4.69) is 10.5 Å². The number of benzene rings is 1. The number of amides is 2. The van der Waals surface area contributed by atoms with Crippen molar-refractivity contribution >= 4 is 11.8 Å². The van der Waals surface area contributed by atoms with Gasteiger partial charge in [0, 0.05) is 17.5 Å². The average molecular weight is 315 g/mol. The van der Waals surface area contributed by atoms with Crippen LogP contribution in [0.25, 0.3) is 0 Å². The number of ether oxygens (including phenoxy) is 1. The first kappa shape index (κ1) is 15.4. The molecule has 2 heterocycles. The van der Waals surface area contributed by atoms with E-state index < -0.39 is 0 Å². The molecule has 0 saturated carbocycles. The van der Waals surface area contributed by atoms with Gasteiger partial charge in [0.15, 0.2) is 5.82 Å². The summed E-state index contributed by atoms with van der Waals surface area (Å²) in [5, 5.41) is 6.70. The van der Waals surface area contributed by atoms with Crippen LogP contribution in [-0.2, 0) is 6.54 Å². The predicted molar refractivity (Wildman–Crippen MR) is 86.6 cm³/mol. The first-order chi connectivity index (χ1) is 11.0. The van der Waals surface area contributed by atoms with Crippen LogP contribution in [0.2, 0.25) is 0 Å². The maximum atomic E-state index is 12.6. The average Bonchev–Trinajstić information content (AvgIpc) is 2.92. The molecule has 1 aliphatic rings. The number of urea groups is 1. The van der Waals surface area contributed by atoms with E-state index in [1.807, 2.05) is 45.0 Å². The van der Waals surface area contributed by atoms with Crippen LogP contribution in [-0.4, -0.2) is 28.7 Å². The van der Waals surface area contributed by atoms with E-state index >= 15 is 0 Å². The smallest absolute Gasteiger partial charge is 0.323 e. The molecular weight excluding hydrogens is 294 g/mol. The zero-order valence-electron chi connectivity index (χ0n) is 13.6. The first-order valence-electron chi connectivity index (χ1n) is 7.79. The van der Waals surface area contributed by atoms with Gasteiger partial charge in [0.25, 0.3) is 0 Å². The third-order valence-electron chi connectivity index (χ3n) is 3.92. The van der Waals surface area contributed by atoms with Crippen molar-refractivity contribution < 1.29 is 14.1 Å². The number of nitrogens with zero attached hydrogens (tertiary/aromatic N) is 2. The molecule has 0 saturated heterocycles. The molecule has 6 heteroatoms. The predicted octanol–water partition coefficient (Wildman–Crippen LogP) is 3.61. The molecule has 1 atom stereocenters. The van der Waals surface area contributed by atoms with Gasteiger partial charge in [-0.2, -0.15) is 0 Å². The molecule has 23 heavy (non-hydrogen) atoms. The lowest BCUT2D eigenvalue weighted by Gasteiger charge is -2.25. The zero-order valence-corrected chi connectivity index (χ0v) is 13.6. The summed E-state index contributed by atoms with van der Waals surface area (Å²) in [6.07, 6.45) is 0. The Balaban J connectivity index is 1.75. The maximum absolute atomic E-state index is 12.6. The summed E-state index contributed by atoms with van der Waals surface area (Å²) in [6.45, 7) is 6.95. The van der Waals surface area contributed by atoms with Crippen molar-refractivity contribution in [2.45, 2.75) is 39.3 Å². The van der Waals surface area contributed by atoms with Crippen molar-refractivity contribution in [2.24, 2.45) is 0 Å². The summed E-state index contributed by atoms with van der Waals surface area (Å²) in [5.74, 6) is 2.24. The summed E-state index contributed by atoms with van der Waals surface area (Å²) < 4.78 is 11.0. The number of hydrogen-bond acceptors (Lipinski definition) is 4. The van der Waals surface area contributed by atoms with Crippen molar-refractivity contribution in [3.8, 4) is 5.75 Å². The molecule has 1 N–H and O–H groups in total. The molecule has 0 spiro atoms. The fourth-order valence-corrected chi connectivity index (χ4v) is 2.49. The highest BCUT2D eigenvalue weighted by atomic mass is 16.5. The Labute approximate surface area is 135 Å². The van der Waals surface area contributed by atoms with E-state index in [1.165, 1.54) is 0 Å². The van der Waals surface area contributed by atoms with Crippen molar-refractivity contribution in [3.63, 3.8) is 0 Å². The topological polar surface area (TPSA) is 67.6 Å². The molecule has 0 radical (unpaired) electrons. The molecule has 2 amide bonds. The summed E-state index contributed by atoms with van der Waals surface area (Å²) >= 11 is 0. The fourth-order valence-electron chi connectivity index (χ4n) is 2.49. The van der Waals surface area contributed by atoms with Gasteiger partial charge < -0.3 is 14.2 Å². The SMILES string of the molecule is CC(C)c1cc(NC(=O)N2Cc3ccccc3OCC2C)no1. The van der Waals surface area contributed by atoms with Gasteiger partial charge in [-0.3, -0.25) is 5.32 Å². The Morgan fingerprint density at radius 1 is 1.39 bits per heavy atom. The molecule has 1 aliphatic heterocycles. The monoisotopic (exact) mass is 315 g/mol. The second-order valence-corrected chi connectivity index (χ2v) is 6.10. The van der Waals surface area contributed by atoms with Crippen LogP contribution in [0.1, 0.15) is 38.0 Å². The van der Waals surface area contributed by atoms with E-state index in [-0.39, 0.29) is 18.0 Å². The number of hydrogen-bond donors (Lipinski definition) is 1. The molecule has 2 aromatic rings. The van der Waals surface area contributed by atoms with E-state index in [1.54, 1.807) is 11.0 Å². The van der Waals surface area contributed by atoms with Crippen LogP contribution in [0.15, 0.2) is 34.9 Å². The number of carbonyl (C=O) groups excluding carboxylic acids is 1. The molecule has 3 rings (SSSR count). The number of nitrogens with one attached hydrogen (secondary N) is 1. The first-order valence-corrected chi connectivity index (χ1v) is 7.79. The highest BCUT2D eigenvalue weighted by molar-refractivity contribution is 5.88. The van der Waals surface area contributed by atoms with Crippen molar-refractivity contribution in [1.29, 1.82) is 0 Å². The standard InChI is InChI=1S/C17H21N3O3/c1-11(2)15-8-16(19-23-15)18-17(21)20-9-13-6-4-5-7-14(13)22-10-12(20)3/h4-8,11-12H,9-10H2,1-3H3,(H,18,19,21). The molecule has 1 aromatic carbocycles. The number of carbonyl (C=O) groups is 1. The zero-order chi connectivity index (χ0) is 16.4. The largest absolute Gasteiger partial charge is 0.491 e. The Hall–Kier alpha value is -2.50. The van der Waals surface area contributed by atoms with Gasteiger partial charge in [0.05, 0.1) is 12.6 Å². The Morgan fingerprint density at radius 2 is 2.17 bits per heavy atom. The Kier molecular flexibility index (Phi) is 4.23. The van der Waals surface area contributed by atoms with Gasteiger partial charge in [-0.25, -0.2) is 4.79 Å². The molecular formula is C17H21N3O3. The lowest BCUT2D eigenvalue weighted by atomic mass is 10.1. The van der Waals surface area contributed by atoms with E-state index in [4.69, 9.17) is 9.26 Å². The van der Waals surface area contributed by atoms with Gasteiger partial charge in [-0.15, -0.1) is 0 Å². The molecule has 0 fully saturated rings. The lowest BCUT2D eigenvalue weighted by Crippen LogP contribution is -2.42. The maximum Gasteiger partial charge on any atom is 0.323 e. The second kappa shape index (κ2) is 6.32. The van der Waals surface area contributed by atoms with Crippen LogP contribution in [0.5, 0.6) is 5.75 Å². The van der Waals surface area contributed by atoms with E-state index in [9.17, 15) is 4.79 Å². The van der Waals surface area contributed by atoms with Crippen LogP contribution in [0.3, 0.4) is 0 Å². The van der Waals surface area contributed by atoms with Gasteiger partial charge >= 0.3 is 6.03 Å². The minimum absolute atomic E-state index is 0.0427. The molecule has 0 bridgehead atoms. The quantitative estimate of drug-likeness (QED) is 0.919. The number of anilines is 1. The van der Waals surface area contributed by atoms with Crippen molar-refractivity contribution in [2.75, 3.05) is 11.9 Å². The minimum atomic E-state index is -0.207. The summed E-state index contributed by atoms with van der Waals surface area (Å²) in [7, 11) is 0. The molecule has 1 aromatic heterocycles. The number of aromatic nitrogens is 1. The molecule has 6 nitrogen and oxygen atoms in total. The summed E-state index contributed by atoms with van der Waals surface area (Å²) in [4.78, 5) is 14.3. The highest BCUT2D eigenvalue weighted by Crippen LogP contribution is 2.25. The Bertz CT molecular complexity index is 696. The fraction of sp³-hybridized carbons (Fsp3) is 0.412. The lowest BCUT2D eigenvalue weighted by molar-refractivity contribution is 0.167. The summed E-state index contributed by atoms with van der Waals surface area (Å²) in [5.41, 5.74) is 0.995. The van der Waals surface area contributed by atoms with Crippen molar-refractivity contribution in [1.82, 2.24) is 10.1 Å². The Morgan fingerprint density at radius 3 is 2.91 bits per heavy atom. The molecule has 122 valence electrons. The normalized spacial score (nSPS) is 17.4. The van der Waals surface area contributed by atoms with Crippen LogP contribution < -0.4 is 10.1 Å². The van der Waals surface area contributed by atoms with Crippen LogP contribution in [0.4, 0.5) is 10.6 Å². The van der Waals surface area contributed by atoms with Crippen molar-refractivity contribution in [3.05, 3.63) is 41.7 Å². The minimum Gasteiger partial charge on any atom is -0.491 e. The summed E-state index contributed by atoms with van der Waals surface area (Å²) in [6, 6.07) is 9.29. The van der Waals surface area contributed by atoms with Gasteiger partial charge in [-0.1, -0.05) is 37.2 Å². The van der Waals surface area contributed by atoms with E-state index in [0.717, 1.165) is 17.1 Å². The van der Waals surface area contributed by atoms with Gasteiger partial charge in [-0.05, 0) is 13.0 Å². The van der Waals surface area contributed by atoms with E-state index in [0.29, 0.717) is 19.0 Å². The van der Waals surface area contributed by atoms with Gasteiger partial charge in [0.2, 0.25) is 0 Å². The number of rotatable bonds is 2. The molecule has 1 unspecified atom stereocenters. The molecule has 0 aliphatic carbocycles. The van der Waals surface area contributed by atoms with Gasteiger partial charge in [0.1, 0.15) is 18.1 Å². The number of para-hydroxylation sites is 1. The highest BCUT2D eigenvalue weighted by Gasteiger charge is 2.26. The van der Waals surface area contributed by atoms with Crippen LogP contribution in [0, 0.1) is 0 Å².